The van der Waals surface area contributed by atoms with Crippen molar-refractivity contribution >= 4 is 0 Å². The van der Waals surface area contributed by atoms with Crippen molar-refractivity contribution in [1.82, 2.24) is 0 Å². The second kappa shape index (κ2) is 2.13. The molecule has 0 radical (unpaired) electrons. The van der Waals surface area contributed by atoms with E-state index in [4.69, 9.17) is 9.47 Å². The van der Waals surface area contributed by atoms with E-state index in [1.54, 1.807) is 0 Å². The quantitative estimate of drug-likeness (QED) is 0.506. The SMILES string of the molecule is CC1=CC=C2OCOC2C1. The highest BCUT2D eigenvalue weighted by Crippen LogP contribution is 2.26. The highest BCUT2D eigenvalue weighted by atomic mass is 16.7. The molecule has 0 saturated carbocycles. The number of fused-ring (bicyclic) bond motifs is 1. The van der Waals surface area contributed by atoms with Gasteiger partial charge in [0.2, 0.25) is 0 Å². The molecule has 1 heterocycles. The summed E-state index contributed by atoms with van der Waals surface area (Å²) in [6.45, 7) is 2.53. The lowest BCUT2D eigenvalue weighted by molar-refractivity contribution is 0.0501. The standard InChI is InChI=1S/C8H10O2/c1-6-2-3-7-8(4-6)10-5-9-7/h2-3,8H,4-5H2,1H3. The molecule has 0 aromatic heterocycles. The Morgan fingerprint density at radius 3 is 3.30 bits per heavy atom. The fourth-order valence-electron chi connectivity index (χ4n) is 1.26. The molecule has 1 aliphatic heterocycles. The fourth-order valence-corrected chi connectivity index (χ4v) is 1.26. The van der Waals surface area contributed by atoms with E-state index in [0.29, 0.717) is 6.79 Å². The number of allylic oxidation sites excluding steroid dienone is 2. The van der Waals surface area contributed by atoms with Gasteiger partial charge in [-0.2, -0.15) is 0 Å². The maximum atomic E-state index is 5.30. The molecule has 1 aliphatic carbocycles. The van der Waals surface area contributed by atoms with Crippen LogP contribution >= 0.6 is 0 Å². The third-order valence-corrected chi connectivity index (χ3v) is 1.85. The van der Waals surface area contributed by atoms with Crippen molar-refractivity contribution in [2.45, 2.75) is 19.4 Å². The molecule has 1 fully saturated rings. The summed E-state index contributed by atoms with van der Waals surface area (Å²) in [6.07, 6.45) is 5.29. The monoisotopic (exact) mass is 138 g/mol. The van der Waals surface area contributed by atoms with E-state index in [1.807, 2.05) is 6.08 Å². The summed E-state index contributed by atoms with van der Waals surface area (Å²) in [5, 5.41) is 0. The van der Waals surface area contributed by atoms with Gasteiger partial charge in [-0.05, 0) is 13.0 Å². The molecule has 2 aliphatic rings. The van der Waals surface area contributed by atoms with E-state index in [2.05, 4.69) is 13.0 Å². The first-order valence-electron chi connectivity index (χ1n) is 3.48. The summed E-state index contributed by atoms with van der Waals surface area (Å²) >= 11 is 0. The lowest BCUT2D eigenvalue weighted by Gasteiger charge is -2.12. The molecule has 1 unspecified atom stereocenters. The van der Waals surface area contributed by atoms with Crippen molar-refractivity contribution in [3.63, 3.8) is 0 Å². The van der Waals surface area contributed by atoms with Crippen LogP contribution in [-0.4, -0.2) is 12.9 Å². The molecule has 0 aromatic rings. The Hall–Kier alpha value is -0.760. The van der Waals surface area contributed by atoms with Crippen LogP contribution in [0.15, 0.2) is 23.5 Å². The molecular formula is C8H10O2. The normalized spacial score (nSPS) is 30.3. The molecule has 1 atom stereocenters. The molecule has 1 saturated heterocycles. The van der Waals surface area contributed by atoms with Gasteiger partial charge in [-0.25, -0.2) is 0 Å². The molecule has 0 spiro atoms. The van der Waals surface area contributed by atoms with E-state index in [-0.39, 0.29) is 6.10 Å². The molecule has 2 heteroatoms. The van der Waals surface area contributed by atoms with Gasteiger partial charge in [0.1, 0.15) is 11.9 Å². The number of rotatable bonds is 0. The Labute approximate surface area is 60.1 Å². The lowest BCUT2D eigenvalue weighted by Crippen LogP contribution is -2.10. The number of hydrogen-bond acceptors (Lipinski definition) is 2. The third-order valence-electron chi connectivity index (χ3n) is 1.85. The van der Waals surface area contributed by atoms with Gasteiger partial charge >= 0.3 is 0 Å². The summed E-state index contributed by atoms with van der Waals surface area (Å²) in [5.41, 5.74) is 1.36. The van der Waals surface area contributed by atoms with Crippen molar-refractivity contribution in [1.29, 1.82) is 0 Å². The highest BCUT2D eigenvalue weighted by molar-refractivity contribution is 5.24. The van der Waals surface area contributed by atoms with Crippen molar-refractivity contribution in [3.8, 4) is 0 Å². The molecular weight excluding hydrogens is 128 g/mol. The van der Waals surface area contributed by atoms with E-state index in [1.165, 1.54) is 5.57 Å². The Morgan fingerprint density at radius 2 is 2.40 bits per heavy atom. The van der Waals surface area contributed by atoms with Crippen LogP contribution in [0.25, 0.3) is 0 Å². The first-order chi connectivity index (χ1) is 4.86. The average Bonchev–Trinajstić information content (AvgIpc) is 2.33. The smallest absolute Gasteiger partial charge is 0.189 e. The first kappa shape index (κ1) is 5.98. The van der Waals surface area contributed by atoms with Gasteiger partial charge in [-0.1, -0.05) is 11.6 Å². The van der Waals surface area contributed by atoms with E-state index in [0.717, 1.165) is 12.2 Å². The molecule has 10 heavy (non-hydrogen) atoms. The minimum atomic E-state index is 0.213. The third kappa shape index (κ3) is 0.847. The topological polar surface area (TPSA) is 18.5 Å². The molecule has 0 bridgehead atoms. The Balaban J connectivity index is 2.22. The van der Waals surface area contributed by atoms with Gasteiger partial charge in [-0.3, -0.25) is 0 Å². The summed E-state index contributed by atoms with van der Waals surface area (Å²) < 4.78 is 10.5. The first-order valence-corrected chi connectivity index (χ1v) is 3.48. The van der Waals surface area contributed by atoms with Crippen molar-refractivity contribution < 1.29 is 9.47 Å². The zero-order chi connectivity index (χ0) is 6.97. The average molecular weight is 138 g/mol. The van der Waals surface area contributed by atoms with Gasteiger partial charge in [0.25, 0.3) is 0 Å². The fraction of sp³-hybridized carbons (Fsp3) is 0.500. The summed E-state index contributed by atoms with van der Waals surface area (Å²) in [5.74, 6) is 0.991. The van der Waals surface area contributed by atoms with Crippen LogP contribution in [0.4, 0.5) is 0 Å². The second-order valence-electron chi connectivity index (χ2n) is 2.70. The summed E-state index contributed by atoms with van der Waals surface area (Å²) in [6, 6.07) is 0. The minimum absolute atomic E-state index is 0.213. The number of ether oxygens (including phenoxy) is 2. The minimum Gasteiger partial charge on any atom is -0.469 e. The Morgan fingerprint density at radius 1 is 1.50 bits per heavy atom. The maximum absolute atomic E-state index is 5.30. The van der Waals surface area contributed by atoms with Gasteiger partial charge in [-0.15, -0.1) is 0 Å². The van der Waals surface area contributed by atoms with E-state index < -0.39 is 0 Å². The zero-order valence-electron chi connectivity index (χ0n) is 5.96. The van der Waals surface area contributed by atoms with E-state index >= 15 is 0 Å². The zero-order valence-corrected chi connectivity index (χ0v) is 5.96. The van der Waals surface area contributed by atoms with Crippen LogP contribution in [0, 0.1) is 0 Å². The molecule has 0 aromatic carbocycles. The van der Waals surface area contributed by atoms with Crippen LogP contribution in [0.1, 0.15) is 13.3 Å². The van der Waals surface area contributed by atoms with Gasteiger partial charge in [0, 0.05) is 6.42 Å². The second-order valence-corrected chi connectivity index (χ2v) is 2.70. The lowest BCUT2D eigenvalue weighted by atomic mass is 10.0. The Bertz CT molecular complexity index is 203. The van der Waals surface area contributed by atoms with Crippen LogP contribution in [0.3, 0.4) is 0 Å². The van der Waals surface area contributed by atoms with Crippen LogP contribution < -0.4 is 0 Å². The molecule has 2 rings (SSSR count). The van der Waals surface area contributed by atoms with Crippen molar-refractivity contribution in [2.24, 2.45) is 0 Å². The molecule has 54 valence electrons. The summed E-state index contributed by atoms with van der Waals surface area (Å²) in [4.78, 5) is 0. The van der Waals surface area contributed by atoms with Gasteiger partial charge in [0.15, 0.2) is 6.79 Å². The highest BCUT2D eigenvalue weighted by Gasteiger charge is 2.24. The molecule has 0 N–H and O–H groups in total. The van der Waals surface area contributed by atoms with Gasteiger partial charge < -0.3 is 9.47 Å². The predicted octanol–water partition coefficient (Wildman–Crippen LogP) is 1.59. The van der Waals surface area contributed by atoms with Gasteiger partial charge in [0.05, 0.1) is 0 Å². The van der Waals surface area contributed by atoms with Crippen LogP contribution in [0.5, 0.6) is 0 Å². The van der Waals surface area contributed by atoms with Crippen LogP contribution in [0.2, 0.25) is 0 Å². The van der Waals surface area contributed by atoms with E-state index in [9.17, 15) is 0 Å². The van der Waals surface area contributed by atoms with Crippen molar-refractivity contribution in [2.75, 3.05) is 6.79 Å². The largest absolute Gasteiger partial charge is 0.469 e. The number of hydrogen-bond donors (Lipinski definition) is 0. The van der Waals surface area contributed by atoms with Crippen LogP contribution in [-0.2, 0) is 9.47 Å². The summed E-state index contributed by atoms with van der Waals surface area (Å²) in [7, 11) is 0. The maximum Gasteiger partial charge on any atom is 0.189 e. The molecule has 2 nitrogen and oxygen atoms in total. The molecule has 0 amide bonds. The predicted molar refractivity (Wildman–Crippen MR) is 37.3 cm³/mol. The Kier molecular flexibility index (Phi) is 1.27. The van der Waals surface area contributed by atoms with Crippen molar-refractivity contribution in [3.05, 3.63) is 23.5 Å².